The minimum absolute atomic E-state index is 0.0503. The normalized spacial score (nSPS) is 19.5. The molecule has 0 aliphatic heterocycles. The van der Waals surface area contributed by atoms with Gasteiger partial charge in [0, 0.05) is 12.4 Å². The molecule has 0 N–H and O–H groups in total. The molecule has 0 aromatic carbocycles. The van der Waals surface area contributed by atoms with Gasteiger partial charge in [-0.05, 0) is 12.8 Å². The lowest BCUT2D eigenvalue weighted by Gasteiger charge is -2.12. The van der Waals surface area contributed by atoms with Crippen LogP contribution in [0.25, 0.3) is 0 Å². The van der Waals surface area contributed by atoms with Crippen LogP contribution in [-0.4, -0.2) is 30.6 Å². The maximum atomic E-state index is 10.9. The second-order valence-corrected chi connectivity index (χ2v) is 3.28. The summed E-state index contributed by atoms with van der Waals surface area (Å²) in [4.78, 5) is 10.9. The number of carbonyl (C=O) groups is 1. The van der Waals surface area contributed by atoms with E-state index in [0.29, 0.717) is 0 Å². The quantitative estimate of drug-likeness (QED) is 0.528. The van der Waals surface area contributed by atoms with E-state index in [0.717, 1.165) is 18.2 Å². The van der Waals surface area contributed by atoms with Gasteiger partial charge in [0.25, 0.3) is 0 Å². The fourth-order valence-corrected chi connectivity index (χ4v) is 1.47. The van der Waals surface area contributed by atoms with E-state index in [1.165, 1.54) is 7.11 Å². The minimum Gasteiger partial charge on any atom is -0.456 e. The molecule has 0 saturated heterocycles. The van der Waals surface area contributed by atoms with Gasteiger partial charge in [0.15, 0.2) is 0 Å². The van der Waals surface area contributed by atoms with Crippen LogP contribution in [0.4, 0.5) is 0 Å². The predicted octanol–water partition coefficient (Wildman–Crippen LogP) is 1.10. The van der Waals surface area contributed by atoms with Gasteiger partial charge < -0.3 is 9.47 Å². The lowest BCUT2D eigenvalue weighted by molar-refractivity contribution is -0.154. The number of halogens is 1. The first-order valence-electron chi connectivity index (χ1n) is 3.49. The van der Waals surface area contributed by atoms with Crippen molar-refractivity contribution in [3.05, 3.63) is 0 Å². The van der Waals surface area contributed by atoms with Crippen molar-refractivity contribution in [1.82, 2.24) is 0 Å². The Kier molecular flexibility index (Phi) is 2.90. The molecule has 1 aliphatic rings. The van der Waals surface area contributed by atoms with E-state index in [1.54, 1.807) is 0 Å². The van der Waals surface area contributed by atoms with Crippen LogP contribution in [0.3, 0.4) is 0 Å². The van der Waals surface area contributed by atoms with E-state index >= 15 is 0 Å². The molecule has 0 amide bonds. The Bertz CT molecular complexity index is 154. The fraction of sp³-hybridized carbons (Fsp3) is 0.857. The number of carbonyl (C=O) groups excluding carboxylic acids is 1. The van der Waals surface area contributed by atoms with Crippen LogP contribution in [0.5, 0.6) is 0 Å². The zero-order chi connectivity index (χ0) is 8.32. The van der Waals surface area contributed by atoms with Gasteiger partial charge in [-0.3, -0.25) is 0 Å². The van der Waals surface area contributed by atoms with Crippen LogP contribution in [0.1, 0.15) is 12.8 Å². The molecular weight excluding hydrogens is 212 g/mol. The Morgan fingerprint density at radius 2 is 2.27 bits per heavy atom. The zero-order valence-corrected chi connectivity index (χ0v) is 8.02. The van der Waals surface area contributed by atoms with Crippen molar-refractivity contribution in [2.45, 2.75) is 18.4 Å². The van der Waals surface area contributed by atoms with Gasteiger partial charge >= 0.3 is 5.97 Å². The highest BCUT2D eigenvalue weighted by Gasteiger charge is 2.45. The molecule has 0 heterocycles. The number of rotatable bonds is 4. The summed E-state index contributed by atoms with van der Waals surface area (Å²) in [6.45, 7) is 0.0503. The largest absolute Gasteiger partial charge is 0.456 e. The lowest BCUT2D eigenvalue weighted by atomic mass is 10.4. The molecular formula is C7H11BrO3. The van der Waals surface area contributed by atoms with Crippen molar-refractivity contribution in [3.8, 4) is 0 Å². The molecule has 1 saturated carbocycles. The van der Waals surface area contributed by atoms with Crippen LogP contribution in [0.15, 0.2) is 0 Å². The average Bonchev–Trinajstić information content (AvgIpc) is 2.70. The zero-order valence-electron chi connectivity index (χ0n) is 6.43. The van der Waals surface area contributed by atoms with Gasteiger partial charge in [-0.15, -0.1) is 0 Å². The summed E-state index contributed by atoms with van der Waals surface area (Å²) in [6, 6.07) is 0. The Labute approximate surface area is 74.2 Å². The van der Waals surface area contributed by atoms with Crippen LogP contribution < -0.4 is 0 Å². The third kappa shape index (κ3) is 2.45. The van der Waals surface area contributed by atoms with E-state index in [1.807, 2.05) is 0 Å². The number of methoxy groups -OCH3 is 1. The second kappa shape index (κ2) is 3.54. The molecule has 0 aromatic heterocycles. The van der Waals surface area contributed by atoms with Crippen LogP contribution in [-0.2, 0) is 14.3 Å². The molecule has 0 radical (unpaired) electrons. The number of ether oxygens (including phenoxy) is 2. The number of hydrogen-bond acceptors (Lipinski definition) is 3. The maximum absolute atomic E-state index is 10.9. The highest BCUT2D eigenvalue weighted by molar-refractivity contribution is 9.09. The first-order valence-corrected chi connectivity index (χ1v) is 4.61. The first-order chi connectivity index (χ1) is 5.22. The lowest BCUT2D eigenvalue weighted by Crippen LogP contribution is -2.23. The van der Waals surface area contributed by atoms with E-state index in [2.05, 4.69) is 20.7 Å². The average molecular weight is 223 g/mol. The molecule has 1 fully saturated rings. The highest BCUT2D eigenvalue weighted by Crippen LogP contribution is 2.40. The Hall–Kier alpha value is -0.0900. The third-order valence-electron chi connectivity index (χ3n) is 1.64. The Morgan fingerprint density at radius 3 is 2.64 bits per heavy atom. The van der Waals surface area contributed by atoms with Gasteiger partial charge in [-0.25, -0.2) is 4.79 Å². The topological polar surface area (TPSA) is 35.5 Å². The van der Waals surface area contributed by atoms with Gasteiger partial charge in [0.05, 0.1) is 0 Å². The molecule has 0 spiro atoms. The summed E-state index contributed by atoms with van der Waals surface area (Å²) >= 11 is 3.29. The number of esters is 1. The van der Waals surface area contributed by atoms with Crippen molar-refractivity contribution in [2.75, 3.05) is 19.0 Å². The van der Waals surface area contributed by atoms with Crippen molar-refractivity contribution >= 4 is 21.9 Å². The Morgan fingerprint density at radius 1 is 1.64 bits per heavy atom. The number of alkyl halides is 1. The molecule has 11 heavy (non-hydrogen) atoms. The van der Waals surface area contributed by atoms with Crippen molar-refractivity contribution in [2.24, 2.45) is 0 Å². The molecule has 4 heteroatoms. The summed E-state index contributed by atoms with van der Waals surface area (Å²) in [7, 11) is 1.48. The van der Waals surface area contributed by atoms with Gasteiger partial charge in [-0.1, -0.05) is 15.9 Å². The van der Waals surface area contributed by atoms with Crippen molar-refractivity contribution < 1.29 is 14.3 Å². The molecule has 64 valence electrons. The van der Waals surface area contributed by atoms with E-state index < -0.39 is 0 Å². The van der Waals surface area contributed by atoms with Crippen LogP contribution in [0.2, 0.25) is 0 Å². The van der Waals surface area contributed by atoms with Gasteiger partial charge in [0.2, 0.25) is 0 Å². The molecule has 3 nitrogen and oxygen atoms in total. The van der Waals surface area contributed by atoms with Crippen LogP contribution >= 0.6 is 15.9 Å². The molecule has 0 bridgehead atoms. The predicted molar refractivity (Wildman–Crippen MR) is 43.7 cm³/mol. The van der Waals surface area contributed by atoms with E-state index in [9.17, 15) is 4.79 Å². The number of hydrogen-bond donors (Lipinski definition) is 0. The highest BCUT2D eigenvalue weighted by atomic mass is 79.9. The summed E-state index contributed by atoms with van der Waals surface area (Å²) in [5.41, 5.74) is -0.199. The molecule has 1 rings (SSSR count). The van der Waals surface area contributed by atoms with Gasteiger partial charge in [0.1, 0.15) is 12.2 Å². The van der Waals surface area contributed by atoms with Gasteiger partial charge in [-0.2, -0.15) is 0 Å². The van der Waals surface area contributed by atoms with E-state index in [4.69, 9.17) is 4.74 Å². The molecule has 0 atom stereocenters. The summed E-state index contributed by atoms with van der Waals surface area (Å²) in [6.07, 6.45) is 1.93. The molecule has 0 aromatic rings. The summed E-state index contributed by atoms with van der Waals surface area (Å²) < 4.78 is 9.76. The SMILES string of the molecule is COCC(=O)OC1(CBr)CC1. The minimum atomic E-state index is -0.274. The van der Waals surface area contributed by atoms with Crippen molar-refractivity contribution in [3.63, 3.8) is 0 Å². The molecule has 1 aliphatic carbocycles. The fourth-order valence-electron chi connectivity index (χ4n) is 0.791. The summed E-state index contributed by atoms with van der Waals surface area (Å²) in [5.74, 6) is -0.274. The third-order valence-corrected chi connectivity index (χ3v) is 2.67. The summed E-state index contributed by atoms with van der Waals surface area (Å²) in [5, 5.41) is 0.732. The van der Waals surface area contributed by atoms with Crippen LogP contribution in [0, 0.1) is 0 Å². The smallest absolute Gasteiger partial charge is 0.332 e. The molecule has 0 unspecified atom stereocenters. The van der Waals surface area contributed by atoms with E-state index in [-0.39, 0.29) is 18.2 Å². The van der Waals surface area contributed by atoms with Crippen molar-refractivity contribution in [1.29, 1.82) is 0 Å². The standard InChI is InChI=1S/C7H11BrO3/c1-10-4-6(9)11-7(5-8)2-3-7/h2-5H2,1H3. The first kappa shape index (κ1) is 9.00. The maximum Gasteiger partial charge on any atom is 0.332 e. The monoisotopic (exact) mass is 222 g/mol. The Balaban J connectivity index is 2.24. The second-order valence-electron chi connectivity index (χ2n) is 2.72.